The maximum Gasteiger partial charge on any atom is 0.134 e. The average molecular weight is 242 g/mol. The highest BCUT2D eigenvalue weighted by molar-refractivity contribution is 5.77. The maximum absolute atomic E-state index is 10.5. The Bertz CT molecular complexity index is 526. The molecule has 18 heavy (non-hydrogen) atoms. The van der Waals surface area contributed by atoms with Crippen molar-refractivity contribution in [3.8, 4) is 0 Å². The second-order valence-corrected chi connectivity index (χ2v) is 5.82. The summed E-state index contributed by atoms with van der Waals surface area (Å²) >= 11 is 0. The molecule has 94 valence electrons. The van der Waals surface area contributed by atoms with Gasteiger partial charge in [-0.25, -0.2) is 0 Å². The van der Waals surface area contributed by atoms with Crippen LogP contribution < -0.4 is 0 Å². The van der Waals surface area contributed by atoms with Gasteiger partial charge in [-0.05, 0) is 42.7 Å². The Morgan fingerprint density at radius 3 is 2.56 bits per heavy atom. The molecule has 0 amide bonds. The van der Waals surface area contributed by atoms with Gasteiger partial charge in [0.2, 0.25) is 0 Å². The van der Waals surface area contributed by atoms with E-state index in [0.29, 0.717) is 5.92 Å². The van der Waals surface area contributed by atoms with Crippen LogP contribution in [0.2, 0.25) is 0 Å². The Balaban J connectivity index is 1.62. The predicted molar refractivity (Wildman–Crippen MR) is 70.1 cm³/mol. The van der Waals surface area contributed by atoms with Crippen molar-refractivity contribution < 1.29 is 9.52 Å². The second kappa shape index (κ2) is 3.86. The summed E-state index contributed by atoms with van der Waals surface area (Å²) in [6, 6.07) is 9.98. The summed E-state index contributed by atoms with van der Waals surface area (Å²) in [5.41, 5.74) is 0.884. The van der Waals surface area contributed by atoms with E-state index in [1.54, 1.807) is 0 Å². The second-order valence-electron chi connectivity index (χ2n) is 5.82. The number of benzene rings is 1. The maximum atomic E-state index is 10.5. The fraction of sp³-hybridized carbons (Fsp3) is 0.500. The summed E-state index contributed by atoms with van der Waals surface area (Å²) in [4.78, 5) is 0. The zero-order valence-electron chi connectivity index (χ0n) is 10.4. The molecule has 2 aromatic rings. The third-order valence-electron chi connectivity index (χ3n) is 4.82. The summed E-state index contributed by atoms with van der Waals surface area (Å²) in [5, 5.41) is 11.6. The lowest BCUT2D eigenvalue weighted by atomic mass is 10.0. The molecule has 2 heteroatoms. The Morgan fingerprint density at radius 1 is 1.11 bits per heavy atom. The van der Waals surface area contributed by atoms with E-state index in [-0.39, 0.29) is 0 Å². The van der Waals surface area contributed by atoms with Crippen LogP contribution >= 0.6 is 0 Å². The van der Waals surface area contributed by atoms with Gasteiger partial charge in [-0.2, -0.15) is 0 Å². The van der Waals surface area contributed by atoms with Gasteiger partial charge in [0.25, 0.3) is 0 Å². The zero-order chi connectivity index (χ0) is 12.1. The van der Waals surface area contributed by atoms with Crippen molar-refractivity contribution in [2.45, 2.75) is 31.8 Å². The number of rotatable bonds is 2. The number of furan rings is 1. The molecule has 0 radical (unpaired) electrons. The normalized spacial score (nSPS) is 32.2. The van der Waals surface area contributed by atoms with Crippen LogP contribution in [0.15, 0.2) is 34.7 Å². The van der Waals surface area contributed by atoms with Gasteiger partial charge in [0.15, 0.2) is 0 Å². The number of para-hydroxylation sites is 1. The molecule has 2 aliphatic carbocycles. The predicted octanol–water partition coefficient (Wildman–Crippen LogP) is 3.90. The van der Waals surface area contributed by atoms with Crippen molar-refractivity contribution in [1.82, 2.24) is 0 Å². The van der Waals surface area contributed by atoms with E-state index in [4.69, 9.17) is 4.42 Å². The summed E-state index contributed by atoms with van der Waals surface area (Å²) in [6.45, 7) is 0. The molecule has 0 saturated heterocycles. The molecule has 1 N–H and O–H groups in total. The third-order valence-corrected chi connectivity index (χ3v) is 4.82. The first-order chi connectivity index (χ1) is 8.84. The van der Waals surface area contributed by atoms with Gasteiger partial charge in [-0.3, -0.25) is 0 Å². The first kappa shape index (κ1) is 10.6. The molecular formula is C16H18O2. The highest BCUT2D eigenvalue weighted by Gasteiger charge is 2.54. The number of fused-ring (bicyclic) bond motifs is 2. The van der Waals surface area contributed by atoms with Crippen LogP contribution in [-0.4, -0.2) is 5.11 Å². The molecule has 2 saturated carbocycles. The van der Waals surface area contributed by atoms with Crippen molar-refractivity contribution in [2.24, 2.45) is 17.8 Å². The quantitative estimate of drug-likeness (QED) is 0.866. The Morgan fingerprint density at radius 2 is 1.83 bits per heavy atom. The molecule has 2 nitrogen and oxygen atoms in total. The van der Waals surface area contributed by atoms with E-state index in [0.717, 1.165) is 28.6 Å². The molecule has 1 heterocycles. The lowest BCUT2D eigenvalue weighted by Crippen LogP contribution is -2.00. The minimum Gasteiger partial charge on any atom is -0.458 e. The van der Waals surface area contributed by atoms with Gasteiger partial charge in [-0.15, -0.1) is 0 Å². The minimum atomic E-state index is -0.398. The van der Waals surface area contributed by atoms with Crippen LogP contribution in [-0.2, 0) is 0 Å². The molecule has 1 aromatic heterocycles. The summed E-state index contributed by atoms with van der Waals surface area (Å²) in [6.07, 6.45) is 4.87. The van der Waals surface area contributed by atoms with Crippen LogP contribution in [0.25, 0.3) is 11.0 Å². The molecule has 2 fully saturated rings. The molecule has 4 rings (SSSR count). The fourth-order valence-corrected chi connectivity index (χ4v) is 3.85. The smallest absolute Gasteiger partial charge is 0.134 e. The largest absolute Gasteiger partial charge is 0.458 e. The zero-order valence-corrected chi connectivity index (χ0v) is 10.4. The number of aliphatic hydroxyl groups excluding tert-OH is 1. The van der Waals surface area contributed by atoms with Gasteiger partial charge in [0.05, 0.1) is 0 Å². The average Bonchev–Trinajstić information content (AvgIpc) is 2.97. The van der Waals surface area contributed by atoms with Crippen LogP contribution in [0.4, 0.5) is 0 Å². The van der Waals surface area contributed by atoms with Crippen LogP contribution in [0.3, 0.4) is 0 Å². The fourth-order valence-electron chi connectivity index (χ4n) is 3.85. The number of aliphatic hydroxyl groups is 1. The van der Waals surface area contributed by atoms with Crippen molar-refractivity contribution in [3.05, 3.63) is 36.1 Å². The van der Waals surface area contributed by atoms with Gasteiger partial charge < -0.3 is 9.52 Å². The van der Waals surface area contributed by atoms with E-state index in [2.05, 4.69) is 0 Å². The first-order valence-electron chi connectivity index (χ1n) is 7.01. The molecule has 2 aliphatic rings. The monoisotopic (exact) mass is 242 g/mol. The lowest BCUT2D eigenvalue weighted by molar-refractivity contribution is 0.119. The topological polar surface area (TPSA) is 33.4 Å². The van der Waals surface area contributed by atoms with Gasteiger partial charge in [-0.1, -0.05) is 31.0 Å². The van der Waals surface area contributed by atoms with Crippen molar-refractivity contribution in [3.63, 3.8) is 0 Å². The molecule has 1 aromatic carbocycles. The highest BCUT2D eigenvalue weighted by Crippen LogP contribution is 2.60. The van der Waals surface area contributed by atoms with E-state index in [9.17, 15) is 5.11 Å². The molecular weight excluding hydrogens is 224 g/mol. The van der Waals surface area contributed by atoms with Crippen LogP contribution in [0, 0.1) is 17.8 Å². The van der Waals surface area contributed by atoms with Gasteiger partial charge in [0, 0.05) is 5.39 Å². The molecule has 3 atom stereocenters. The van der Waals surface area contributed by atoms with Gasteiger partial charge in [0.1, 0.15) is 17.4 Å². The Hall–Kier alpha value is -1.28. The first-order valence-corrected chi connectivity index (χ1v) is 7.01. The van der Waals surface area contributed by atoms with E-state index in [1.807, 2.05) is 30.3 Å². The molecule has 0 spiro atoms. The molecule has 0 bridgehead atoms. The van der Waals surface area contributed by atoms with Crippen molar-refractivity contribution in [1.29, 1.82) is 0 Å². The lowest BCUT2D eigenvalue weighted by Gasteiger charge is -2.06. The summed E-state index contributed by atoms with van der Waals surface area (Å²) in [5.74, 6) is 2.72. The van der Waals surface area contributed by atoms with Crippen molar-refractivity contribution >= 4 is 11.0 Å². The van der Waals surface area contributed by atoms with Crippen LogP contribution in [0.5, 0.6) is 0 Å². The molecule has 3 unspecified atom stereocenters. The van der Waals surface area contributed by atoms with Gasteiger partial charge >= 0.3 is 0 Å². The van der Waals surface area contributed by atoms with Crippen LogP contribution in [0.1, 0.15) is 37.5 Å². The Kier molecular flexibility index (Phi) is 2.28. The SMILES string of the molecule is OC(c1cc2ccccc2o1)C1C2CCCCC21. The number of hydrogen-bond acceptors (Lipinski definition) is 2. The Labute approximate surface area is 107 Å². The standard InChI is InChI=1S/C16H18O2/c17-16(15-11-6-2-3-7-12(11)15)14-9-10-5-1-4-8-13(10)18-14/h1,4-5,8-9,11-12,15-17H,2-3,6-7H2. The minimum absolute atomic E-state index is 0.398. The highest BCUT2D eigenvalue weighted by atomic mass is 16.4. The summed E-state index contributed by atoms with van der Waals surface area (Å²) in [7, 11) is 0. The molecule has 0 aliphatic heterocycles. The van der Waals surface area contributed by atoms with E-state index >= 15 is 0 Å². The van der Waals surface area contributed by atoms with E-state index in [1.165, 1.54) is 25.7 Å². The number of hydrogen-bond donors (Lipinski definition) is 1. The third kappa shape index (κ3) is 1.52. The van der Waals surface area contributed by atoms with Crippen molar-refractivity contribution in [2.75, 3.05) is 0 Å². The van der Waals surface area contributed by atoms with E-state index < -0.39 is 6.10 Å². The summed E-state index contributed by atoms with van der Waals surface area (Å²) < 4.78 is 5.79.